The van der Waals surface area contributed by atoms with Crippen LogP contribution < -0.4 is 0 Å². The number of carbonyl (C=O) groups is 2. The van der Waals surface area contributed by atoms with Gasteiger partial charge in [-0.05, 0) is 25.0 Å². The lowest BCUT2D eigenvalue weighted by Crippen LogP contribution is -2.35. The van der Waals surface area contributed by atoms with Gasteiger partial charge in [-0.2, -0.15) is 0 Å². The third kappa shape index (κ3) is 2.52. The molecule has 1 aliphatic carbocycles. The summed E-state index contributed by atoms with van der Waals surface area (Å²) in [5.74, 6) is -0.981. The van der Waals surface area contributed by atoms with Crippen LogP contribution in [0.1, 0.15) is 29.8 Å². The number of nitrogens with one attached hydrogen (secondary N) is 1. The molecular formula is C15H16N2O3. The molecule has 0 saturated heterocycles. The highest BCUT2D eigenvalue weighted by atomic mass is 16.4. The van der Waals surface area contributed by atoms with E-state index in [1.807, 2.05) is 30.3 Å². The average molecular weight is 272 g/mol. The molecule has 0 atom stereocenters. The number of fused-ring (bicyclic) bond motifs is 1. The van der Waals surface area contributed by atoms with Gasteiger partial charge in [0, 0.05) is 23.5 Å². The van der Waals surface area contributed by atoms with Crippen LogP contribution in [0.25, 0.3) is 10.9 Å². The van der Waals surface area contributed by atoms with Gasteiger partial charge in [-0.15, -0.1) is 0 Å². The van der Waals surface area contributed by atoms with Crippen molar-refractivity contribution >= 4 is 22.8 Å². The predicted octanol–water partition coefficient (Wildman–Crippen LogP) is 2.25. The number of carboxylic acid groups (broad SMARTS) is 1. The first-order chi connectivity index (χ1) is 9.65. The zero-order valence-electron chi connectivity index (χ0n) is 11.0. The first-order valence-corrected chi connectivity index (χ1v) is 6.75. The quantitative estimate of drug-likeness (QED) is 0.876. The number of aromatic nitrogens is 1. The van der Waals surface area contributed by atoms with Crippen LogP contribution in [0.2, 0.25) is 0 Å². The SMILES string of the molecule is O=C(O)CCN(C(=O)c1cc2ccccc2[nH]1)C1CC1. The van der Waals surface area contributed by atoms with Crippen molar-refractivity contribution in [3.63, 3.8) is 0 Å². The van der Waals surface area contributed by atoms with E-state index in [1.54, 1.807) is 4.90 Å². The van der Waals surface area contributed by atoms with Gasteiger partial charge in [0.05, 0.1) is 6.42 Å². The van der Waals surface area contributed by atoms with Crippen LogP contribution in [0.4, 0.5) is 0 Å². The molecule has 0 aliphatic heterocycles. The predicted molar refractivity (Wildman–Crippen MR) is 74.6 cm³/mol. The summed E-state index contributed by atoms with van der Waals surface area (Å²) in [6.45, 7) is 0.272. The number of carbonyl (C=O) groups excluding carboxylic acids is 1. The third-order valence-corrected chi connectivity index (χ3v) is 3.58. The van der Waals surface area contributed by atoms with Gasteiger partial charge in [0.2, 0.25) is 0 Å². The summed E-state index contributed by atoms with van der Waals surface area (Å²) < 4.78 is 0. The molecule has 2 aromatic rings. The molecule has 104 valence electrons. The Bertz CT molecular complexity index is 625. The number of H-pyrrole nitrogens is 1. The number of aliphatic carboxylic acids is 1. The number of para-hydroxylation sites is 1. The molecule has 2 N–H and O–H groups in total. The Hall–Kier alpha value is -2.30. The molecule has 1 aromatic heterocycles. The van der Waals surface area contributed by atoms with Gasteiger partial charge in [-0.1, -0.05) is 18.2 Å². The van der Waals surface area contributed by atoms with Crippen molar-refractivity contribution in [2.45, 2.75) is 25.3 Å². The minimum atomic E-state index is -0.875. The number of benzene rings is 1. The lowest BCUT2D eigenvalue weighted by Gasteiger charge is -2.20. The zero-order chi connectivity index (χ0) is 14.1. The van der Waals surface area contributed by atoms with Crippen molar-refractivity contribution < 1.29 is 14.7 Å². The number of amides is 1. The standard InChI is InChI=1S/C15H16N2O3/c18-14(19)7-8-17(11-5-6-11)15(20)13-9-10-3-1-2-4-12(10)16-13/h1-4,9,11,16H,5-8H2,(H,18,19). The van der Waals surface area contributed by atoms with Crippen LogP contribution in [-0.2, 0) is 4.79 Å². The van der Waals surface area contributed by atoms with Crippen LogP contribution in [0, 0.1) is 0 Å². The zero-order valence-corrected chi connectivity index (χ0v) is 11.0. The van der Waals surface area contributed by atoms with Crippen molar-refractivity contribution in [3.8, 4) is 0 Å². The highest BCUT2D eigenvalue weighted by molar-refractivity contribution is 5.98. The Morgan fingerprint density at radius 1 is 1.30 bits per heavy atom. The number of nitrogens with zero attached hydrogens (tertiary/aromatic N) is 1. The molecule has 0 unspecified atom stereocenters. The van der Waals surface area contributed by atoms with E-state index in [2.05, 4.69) is 4.98 Å². The van der Waals surface area contributed by atoms with Crippen molar-refractivity contribution in [3.05, 3.63) is 36.0 Å². The summed E-state index contributed by atoms with van der Waals surface area (Å²) in [6.07, 6.45) is 1.92. The van der Waals surface area contributed by atoms with E-state index >= 15 is 0 Å². The fourth-order valence-electron chi connectivity index (χ4n) is 2.40. The summed E-state index contributed by atoms with van der Waals surface area (Å²) in [5, 5.41) is 9.78. The average Bonchev–Trinajstić information content (AvgIpc) is 3.16. The third-order valence-electron chi connectivity index (χ3n) is 3.58. The second-order valence-electron chi connectivity index (χ2n) is 5.14. The van der Waals surface area contributed by atoms with E-state index in [-0.39, 0.29) is 24.9 Å². The number of hydrogen-bond donors (Lipinski definition) is 2. The molecule has 1 fully saturated rings. The van der Waals surface area contributed by atoms with E-state index < -0.39 is 5.97 Å². The van der Waals surface area contributed by atoms with Crippen LogP contribution in [-0.4, -0.2) is 39.5 Å². The topological polar surface area (TPSA) is 73.4 Å². The van der Waals surface area contributed by atoms with Crippen molar-refractivity contribution in [1.29, 1.82) is 0 Å². The van der Waals surface area contributed by atoms with Crippen LogP contribution in [0.15, 0.2) is 30.3 Å². The van der Waals surface area contributed by atoms with Crippen molar-refractivity contribution in [2.24, 2.45) is 0 Å². The lowest BCUT2D eigenvalue weighted by molar-refractivity contribution is -0.137. The monoisotopic (exact) mass is 272 g/mol. The number of carboxylic acids is 1. The highest BCUT2D eigenvalue weighted by Gasteiger charge is 2.33. The molecule has 1 amide bonds. The number of aromatic amines is 1. The van der Waals surface area contributed by atoms with Crippen LogP contribution in [0.5, 0.6) is 0 Å². The Kier molecular flexibility index (Phi) is 3.18. The smallest absolute Gasteiger partial charge is 0.305 e. The van der Waals surface area contributed by atoms with Gasteiger partial charge in [-0.25, -0.2) is 0 Å². The van der Waals surface area contributed by atoms with Crippen LogP contribution >= 0.6 is 0 Å². The maximum atomic E-state index is 12.5. The first-order valence-electron chi connectivity index (χ1n) is 6.75. The molecule has 5 heteroatoms. The number of hydrogen-bond acceptors (Lipinski definition) is 2. The molecule has 0 radical (unpaired) electrons. The van der Waals surface area contributed by atoms with Gasteiger partial charge in [0.25, 0.3) is 5.91 Å². The van der Waals surface area contributed by atoms with Crippen molar-refractivity contribution in [2.75, 3.05) is 6.54 Å². The molecule has 1 heterocycles. The molecule has 1 aliphatic rings. The largest absolute Gasteiger partial charge is 0.481 e. The van der Waals surface area contributed by atoms with E-state index in [0.717, 1.165) is 23.7 Å². The summed E-state index contributed by atoms with van der Waals surface area (Å²) in [6, 6.07) is 9.73. The van der Waals surface area contributed by atoms with Gasteiger partial charge in [0.1, 0.15) is 5.69 Å². The minimum absolute atomic E-state index is 0.0114. The van der Waals surface area contributed by atoms with Gasteiger partial charge in [-0.3, -0.25) is 9.59 Å². The summed E-state index contributed by atoms with van der Waals surface area (Å²) >= 11 is 0. The van der Waals surface area contributed by atoms with E-state index in [9.17, 15) is 9.59 Å². The molecule has 5 nitrogen and oxygen atoms in total. The van der Waals surface area contributed by atoms with Crippen molar-refractivity contribution in [1.82, 2.24) is 9.88 Å². The molecule has 3 rings (SSSR count). The fourth-order valence-corrected chi connectivity index (χ4v) is 2.40. The summed E-state index contributed by atoms with van der Waals surface area (Å²) in [4.78, 5) is 28.0. The molecule has 0 bridgehead atoms. The Morgan fingerprint density at radius 2 is 2.05 bits per heavy atom. The summed E-state index contributed by atoms with van der Waals surface area (Å²) in [7, 11) is 0. The Morgan fingerprint density at radius 3 is 2.70 bits per heavy atom. The number of rotatable bonds is 5. The first kappa shape index (κ1) is 12.7. The van der Waals surface area contributed by atoms with E-state index in [4.69, 9.17) is 5.11 Å². The van der Waals surface area contributed by atoms with Gasteiger partial charge < -0.3 is 15.0 Å². The second-order valence-corrected chi connectivity index (χ2v) is 5.14. The fraction of sp³-hybridized carbons (Fsp3) is 0.333. The normalized spacial score (nSPS) is 14.4. The Labute approximate surface area is 116 Å². The molecule has 1 aromatic carbocycles. The maximum absolute atomic E-state index is 12.5. The van der Waals surface area contributed by atoms with Gasteiger partial charge in [0.15, 0.2) is 0 Å². The Balaban J connectivity index is 1.82. The molecular weight excluding hydrogens is 256 g/mol. The molecule has 1 saturated carbocycles. The van der Waals surface area contributed by atoms with Gasteiger partial charge >= 0.3 is 5.97 Å². The minimum Gasteiger partial charge on any atom is -0.481 e. The molecule has 0 spiro atoms. The highest BCUT2D eigenvalue weighted by Crippen LogP contribution is 2.29. The second kappa shape index (κ2) is 5.00. The van der Waals surface area contributed by atoms with Crippen LogP contribution in [0.3, 0.4) is 0 Å². The molecule has 20 heavy (non-hydrogen) atoms. The lowest BCUT2D eigenvalue weighted by atomic mass is 10.2. The van der Waals surface area contributed by atoms with E-state index in [1.165, 1.54) is 0 Å². The maximum Gasteiger partial charge on any atom is 0.305 e. The summed E-state index contributed by atoms with van der Waals surface area (Å²) in [5.41, 5.74) is 1.45. The van der Waals surface area contributed by atoms with E-state index in [0.29, 0.717) is 5.69 Å².